The molecule has 0 aliphatic rings. The number of sulfonamides is 1. The van der Waals surface area contributed by atoms with E-state index in [0.29, 0.717) is 22.6 Å². The number of furan rings is 1. The van der Waals surface area contributed by atoms with E-state index in [1.807, 2.05) is 6.92 Å². The Hall–Kier alpha value is -2.98. The fraction of sp³-hybridized carbons (Fsp3) is 0.316. The lowest BCUT2D eigenvalue weighted by Crippen LogP contribution is -2.22. The average Bonchev–Trinajstić information content (AvgIpc) is 3.25. The van der Waals surface area contributed by atoms with Crippen molar-refractivity contribution in [3.05, 3.63) is 52.8 Å². The van der Waals surface area contributed by atoms with Crippen LogP contribution in [0.3, 0.4) is 0 Å². The molecule has 0 saturated heterocycles. The maximum atomic E-state index is 12.5. The zero-order valence-corrected chi connectivity index (χ0v) is 17.5. The van der Waals surface area contributed by atoms with Crippen molar-refractivity contribution in [3.63, 3.8) is 0 Å². The number of aryl methyl sites for hydroxylation is 3. The highest BCUT2D eigenvalue weighted by molar-refractivity contribution is 7.89. The first kappa shape index (κ1) is 20.7. The van der Waals surface area contributed by atoms with Crippen molar-refractivity contribution in [2.45, 2.75) is 32.3 Å². The van der Waals surface area contributed by atoms with Crippen LogP contribution in [0.15, 0.2) is 38.0 Å². The van der Waals surface area contributed by atoms with E-state index >= 15 is 0 Å². The molecule has 1 aromatic carbocycles. The monoisotopic (exact) mass is 419 g/mol. The molecule has 0 atom stereocenters. The van der Waals surface area contributed by atoms with Crippen LogP contribution in [0, 0.1) is 20.8 Å². The van der Waals surface area contributed by atoms with Crippen molar-refractivity contribution >= 4 is 16.0 Å². The molecule has 0 amide bonds. The molecule has 9 nitrogen and oxygen atoms in total. The van der Waals surface area contributed by atoms with Crippen LogP contribution in [0.2, 0.25) is 0 Å². The lowest BCUT2D eigenvalue weighted by Gasteiger charge is -2.13. The number of rotatable bonds is 6. The van der Waals surface area contributed by atoms with Crippen LogP contribution >= 0.6 is 0 Å². The van der Waals surface area contributed by atoms with Crippen LogP contribution in [0.25, 0.3) is 11.5 Å². The summed E-state index contributed by atoms with van der Waals surface area (Å²) in [6.45, 7) is 5.04. The second-order valence-electron chi connectivity index (χ2n) is 6.67. The van der Waals surface area contributed by atoms with Crippen molar-refractivity contribution in [2.24, 2.45) is 0 Å². The summed E-state index contributed by atoms with van der Waals surface area (Å²) in [7, 11) is -0.830. The van der Waals surface area contributed by atoms with Gasteiger partial charge < -0.3 is 13.6 Å². The molecule has 0 aliphatic carbocycles. The molecule has 3 rings (SSSR count). The molecular weight excluding hydrogens is 398 g/mol. The van der Waals surface area contributed by atoms with Gasteiger partial charge in [0.15, 0.2) is 6.61 Å². The van der Waals surface area contributed by atoms with Gasteiger partial charge >= 0.3 is 5.97 Å². The highest BCUT2D eigenvalue weighted by Crippen LogP contribution is 2.25. The van der Waals surface area contributed by atoms with Crippen molar-refractivity contribution in [1.82, 2.24) is 14.5 Å². The SMILES string of the molecule is Cc1cc(-c2nnc(COC(=O)c3cc(S(=O)(=O)N(C)C)ccc3C)o2)c(C)o1. The first-order valence-corrected chi connectivity index (χ1v) is 10.1. The minimum Gasteiger partial charge on any atom is -0.466 e. The molecule has 3 aromatic rings. The molecule has 0 fully saturated rings. The van der Waals surface area contributed by atoms with E-state index in [2.05, 4.69) is 10.2 Å². The number of carbonyl (C=O) groups excluding carboxylic acids is 1. The normalized spacial score (nSPS) is 11.8. The number of hydrogen-bond donors (Lipinski definition) is 0. The fourth-order valence-electron chi connectivity index (χ4n) is 2.66. The van der Waals surface area contributed by atoms with Gasteiger partial charge in [-0.25, -0.2) is 17.5 Å². The van der Waals surface area contributed by atoms with E-state index in [1.54, 1.807) is 26.0 Å². The molecule has 0 N–H and O–H groups in total. The second kappa shape index (κ2) is 7.80. The van der Waals surface area contributed by atoms with Crippen LogP contribution < -0.4 is 0 Å². The second-order valence-corrected chi connectivity index (χ2v) is 8.82. The van der Waals surface area contributed by atoms with Crippen molar-refractivity contribution in [1.29, 1.82) is 0 Å². The van der Waals surface area contributed by atoms with Gasteiger partial charge in [0.05, 0.1) is 16.0 Å². The van der Waals surface area contributed by atoms with E-state index in [-0.39, 0.29) is 28.8 Å². The minimum absolute atomic E-state index is 0.00549. The summed E-state index contributed by atoms with van der Waals surface area (Å²) in [5, 5.41) is 7.81. The van der Waals surface area contributed by atoms with Gasteiger partial charge in [0, 0.05) is 14.1 Å². The average molecular weight is 419 g/mol. The fourth-order valence-corrected chi connectivity index (χ4v) is 3.59. The number of esters is 1. The molecule has 0 radical (unpaired) electrons. The molecule has 0 unspecified atom stereocenters. The molecule has 29 heavy (non-hydrogen) atoms. The highest BCUT2D eigenvalue weighted by Gasteiger charge is 2.21. The molecule has 0 saturated carbocycles. The van der Waals surface area contributed by atoms with E-state index in [0.717, 1.165) is 4.31 Å². The Labute approximate surface area is 168 Å². The summed E-state index contributed by atoms with van der Waals surface area (Å²) >= 11 is 0. The first-order chi connectivity index (χ1) is 13.6. The Bertz CT molecular complexity index is 1160. The largest absolute Gasteiger partial charge is 0.466 e. The Kier molecular flexibility index (Phi) is 5.58. The molecule has 0 spiro atoms. The molecule has 10 heteroatoms. The summed E-state index contributed by atoms with van der Waals surface area (Å²) in [6.07, 6.45) is 0. The number of carbonyl (C=O) groups is 1. The number of aromatic nitrogens is 2. The van der Waals surface area contributed by atoms with Crippen molar-refractivity contribution in [3.8, 4) is 11.5 Å². The van der Waals surface area contributed by atoms with Gasteiger partial charge in [0.1, 0.15) is 11.5 Å². The number of nitrogens with zero attached hydrogens (tertiary/aromatic N) is 3. The van der Waals surface area contributed by atoms with E-state index < -0.39 is 16.0 Å². The van der Waals surface area contributed by atoms with Crippen LogP contribution in [-0.2, 0) is 21.4 Å². The van der Waals surface area contributed by atoms with Gasteiger partial charge in [-0.1, -0.05) is 6.07 Å². The third-order valence-electron chi connectivity index (χ3n) is 4.27. The van der Waals surface area contributed by atoms with Gasteiger partial charge in [-0.05, 0) is 44.5 Å². The number of hydrogen-bond acceptors (Lipinski definition) is 8. The Balaban J connectivity index is 1.76. The van der Waals surface area contributed by atoms with Gasteiger partial charge in [0.25, 0.3) is 11.8 Å². The predicted molar refractivity (Wildman–Crippen MR) is 103 cm³/mol. The third-order valence-corrected chi connectivity index (χ3v) is 6.08. The third kappa shape index (κ3) is 4.22. The topological polar surface area (TPSA) is 116 Å². The summed E-state index contributed by atoms with van der Waals surface area (Å²) in [5.41, 5.74) is 1.41. The van der Waals surface area contributed by atoms with Gasteiger partial charge in [-0.2, -0.15) is 0 Å². The molecule has 2 heterocycles. The summed E-state index contributed by atoms with van der Waals surface area (Å²) in [5.74, 6) is 1.05. The van der Waals surface area contributed by atoms with Crippen molar-refractivity contribution in [2.75, 3.05) is 14.1 Å². The molecular formula is C19H21N3O6S. The zero-order chi connectivity index (χ0) is 21.3. The van der Waals surface area contributed by atoms with E-state index in [1.165, 1.54) is 26.2 Å². The van der Waals surface area contributed by atoms with Crippen LogP contribution in [0.1, 0.15) is 33.3 Å². The predicted octanol–water partition coefficient (Wildman–Crippen LogP) is 2.86. The van der Waals surface area contributed by atoms with Crippen LogP contribution in [0.5, 0.6) is 0 Å². The zero-order valence-electron chi connectivity index (χ0n) is 16.7. The number of ether oxygens (including phenoxy) is 1. The number of benzene rings is 1. The quantitative estimate of drug-likeness (QED) is 0.560. The Morgan fingerprint density at radius 2 is 1.83 bits per heavy atom. The smallest absolute Gasteiger partial charge is 0.338 e. The summed E-state index contributed by atoms with van der Waals surface area (Å²) in [4.78, 5) is 12.5. The maximum Gasteiger partial charge on any atom is 0.338 e. The minimum atomic E-state index is -3.67. The lowest BCUT2D eigenvalue weighted by molar-refractivity contribution is 0.0437. The molecule has 0 aliphatic heterocycles. The van der Waals surface area contributed by atoms with Gasteiger partial charge in [0.2, 0.25) is 10.0 Å². The van der Waals surface area contributed by atoms with Crippen LogP contribution in [0.4, 0.5) is 0 Å². The summed E-state index contributed by atoms with van der Waals surface area (Å²) < 4.78 is 41.9. The summed E-state index contributed by atoms with van der Waals surface area (Å²) in [6, 6.07) is 6.07. The lowest BCUT2D eigenvalue weighted by atomic mass is 10.1. The van der Waals surface area contributed by atoms with Crippen molar-refractivity contribution < 1.29 is 26.8 Å². The Morgan fingerprint density at radius 1 is 1.10 bits per heavy atom. The molecule has 2 aromatic heterocycles. The Morgan fingerprint density at radius 3 is 2.45 bits per heavy atom. The molecule has 154 valence electrons. The standard InChI is InChI=1S/C19H21N3O6S/c1-11-6-7-14(29(24,25)22(4)5)9-15(11)19(23)26-10-17-20-21-18(28-17)16-8-12(2)27-13(16)3/h6-9H,10H2,1-5H3. The van der Waals surface area contributed by atoms with Gasteiger partial charge in [-0.3, -0.25) is 0 Å². The molecule has 0 bridgehead atoms. The van der Waals surface area contributed by atoms with E-state index in [4.69, 9.17) is 13.6 Å². The van der Waals surface area contributed by atoms with Gasteiger partial charge in [-0.15, -0.1) is 10.2 Å². The maximum absolute atomic E-state index is 12.5. The highest BCUT2D eigenvalue weighted by atomic mass is 32.2. The van der Waals surface area contributed by atoms with E-state index in [9.17, 15) is 13.2 Å². The first-order valence-electron chi connectivity index (χ1n) is 8.69. The van der Waals surface area contributed by atoms with Crippen LogP contribution in [-0.4, -0.2) is 43.0 Å².